The van der Waals surface area contributed by atoms with Crippen molar-refractivity contribution >= 4 is 17.8 Å². The Morgan fingerprint density at radius 2 is 1.86 bits per heavy atom. The van der Waals surface area contributed by atoms with Gasteiger partial charge < -0.3 is 24.4 Å². The molecule has 0 aromatic heterocycles. The van der Waals surface area contributed by atoms with Crippen molar-refractivity contribution in [1.82, 2.24) is 9.80 Å². The Hall–Kier alpha value is -2.19. The van der Waals surface area contributed by atoms with Gasteiger partial charge in [0.1, 0.15) is 24.2 Å². The lowest BCUT2D eigenvalue weighted by Gasteiger charge is -2.39. The van der Waals surface area contributed by atoms with Gasteiger partial charge in [-0.2, -0.15) is 0 Å². The van der Waals surface area contributed by atoms with Crippen molar-refractivity contribution in [2.24, 2.45) is 11.8 Å². The highest BCUT2D eigenvalue weighted by molar-refractivity contribution is 5.99. The van der Waals surface area contributed by atoms with E-state index in [4.69, 9.17) is 9.47 Å². The normalized spacial score (nSPS) is 39.8. The number of hydrogen-bond acceptors (Lipinski definition) is 6. The van der Waals surface area contributed by atoms with Crippen LogP contribution in [-0.2, 0) is 23.9 Å². The molecule has 6 atom stereocenters. The van der Waals surface area contributed by atoms with Crippen molar-refractivity contribution in [3.63, 3.8) is 0 Å². The second kappa shape index (κ2) is 6.67. The second-order valence-corrected chi connectivity index (χ2v) is 8.79. The fourth-order valence-corrected chi connectivity index (χ4v) is 5.34. The first kappa shape index (κ1) is 20.1. The maximum atomic E-state index is 13.6. The number of likely N-dealkylation sites (tertiary alicyclic amines) is 1. The predicted octanol–water partition coefficient (Wildman–Crippen LogP) is 0.258. The Morgan fingerprint density at radius 1 is 1.14 bits per heavy atom. The number of amides is 2. The highest BCUT2D eigenvalue weighted by Crippen LogP contribution is 2.57. The van der Waals surface area contributed by atoms with Gasteiger partial charge >= 0.3 is 5.97 Å². The second-order valence-electron chi connectivity index (χ2n) is 8.79. The first-order chi connectivity index (χ1) is 13.7. The highest BCUT2D eigenvalue weighted by atomic mass is 16.6. The Labute approximate surface area is 170 Å². The Morgan fingerprint density at radius 3 is 2.52 bits per heavy atom. The molecule has 0 aliphatic carbocycles. The number of ether oxygens (including phenoxy) is 2. The molecule has 0 aromatic rings. The number of fused-ring (bicyclic) bond motifs is 2. The third-order valence-corrected chi connectivity index (χ3v) is 6.64. The molecule has 2 fully saturated rings. The Balaban J connectivity index is 1.91. The lowest BCUT2D eigenvalue weighted by Crippen LogP contribution is -2.59. The monoisotopic (exact) mass is 404 g/mol. The van der Waals surface area contributed by atoms with Crippen LogP contribution in [0.3, 0.4) is 0 Å². The van der Waals surface area contributed by atoms with Gasteiger partial charge in [-0.25, -0.2) is 0 Å². The SMILES string of the molecule is CC(C)N1CC=C[C@]23O[C@]4(C)C=CCOC(=O)[C@@H]4[C@H]2C(=O)N([C@H](C)CO)C3C1=O. The molecule has 4 rings (SSSR count). The summed E-state index contributed by atoms with van der Waals surface area (Å²) in [5, 5.41) is 9.80. The molecule has 8 nitrogen and oxygen atoms in total. The van der Waals surface area contributed by atoms with E-state index in [2.05, 4.69) is 0 Å². The van der Waals surface area contributed by atoms with Crippen LogP contribution in [0.25, 0.3) is 0 Å². The summed E-state index contributed by atoms with van der Waals surface area (Å²) in [7, 11) is 0. The van der Waals surface area contributed by atoms with Crippen LogP contribution in [0.15, 0.2) is 24.3 Å². The van der Waals surface area contributed by atoms with Crippen LogP contribution in [0.4, 0.5) is 0 Å². The largest absolute Gasteiger partial charge is 0.461 e. The van der Waals surface area contributed by atoms with E-state index >= 15 is 0 Å². The highest BCUT2D eigenvalue weighted by Gasteiger charge is 2.75. The van der Waals surface area contributed by atoms with Crippen molar-refractivity contribution < 1.29 is 29.0 Å². The zero-order chi connectivity index (χ0) is 21.1. The van der Waals surface area contributed by atoms with E-state index in [1.54, 1.807) is 37.0 Å². The van der Waals surface area contributed by atoms with Crippen molar-refractivity contribution in [3.05, 3.63) is 24.3 Å². The summed E-state index contributed by atoms with van der Waals surface area (Å²) in [6, 6.07) is -1.62. The standard InChI is InChI=1S/C21H28N2O6/c1-12(2)22-9-5-8-21-14(15-19(27)28-10-6-7-20(15,4)29-21)17(25)23(13(3)11-24)16(21)18(22)26/h5-8,12-16,24H,9-11H2,1-4H3/t13-,14+,15+,16?,20-,21+/m1/s1. The molecule has 1 spiro atoms. The van der Waals surface area contributed by atoms with Crippen LogP contribution >= 0.6 is 0 Å². The minimum atomic E-state index is -1.29. The Kier molecular flexibility index (Phi) is 4.62. The van der Waals surface area contributed by atoms with E-state index in [1.165, 1.54) is 4.90 Å². The molecule has 2 saturated heterocycles. The van der Waals surface area contributed by atoms with Crippen LogP contribution in [0.5, 0.6) is 0 Å². The Bertz CT molecular complexity index is 807. The van der Waals surface area contributed by atoms with Gasteiger partial charge in [0.05, 0.1) is 24.2 Å². The number of cyclic esters (lactones) is 1. The number of aliphatic hydroxyl groups is 1. The van der Waals surface area contributed by atoms with Crippen molar-refractivity contribution in [2.75, 3.05) is 19.8 Å². The molecular weight excluding hydrogens is 376 g/mol. The zero-order valence-electron chi connectivity index (χ0n) is 17.2. The van der Waals surface area contributed by atoms with Crippen molar-refractivity contribution in [2.45, 2.75) is 57.0 Å². The summed E-state index contributed by atoms with van der Waals surface area (Å²) in [6.07, 6.45) is 7.11. The van der Waals surface area contributed by atoms with Crippen molar-refractivity contribution in [1.29, 1.82) is 0 Å². The topological polar surface area (TPSA) is 96.4 Å². The molecule has 4 heterocycles. The summed E-state index contributed by atoms with van der Waals surface area (Å²) in [6.45, 7) is 7.51. The molecule has 4 aliphatic rings. The number of nitrogens with zero attached hydrogens (tertiary/aromatic N) is 2. The molecular formula is C21H28N2O6. The van der Waals surface area contributed by atoms with E-state index in [-0.39, 0.29) is 31.1 Å². The minimum absolute atomic E-state index is 0.0740. The number of aliphatic hydroxyl groups excluding tert-OH is 1. The molecule has 29 heavy (non-hydrogen) atoms. The lowest BCUT2D eigenvalue weighted by molar-refractivity contribution is -0.159. The van der Waals surface area contributed by atoms with E-state index in [1.807, 2.05) is 19.9 Å². The lowest BCUT2D eigenvalue weighted by atomic mass is 9.75. The number of hydrogen-bond donors (Lipinski definition) is 1. The molecule has 2 amide bonds. The van der Waals surface area contributed by atoms with Gasteiger partial charge in [0.2, 0.25) is 11.8 Å². The summed E-state index contributed by atoms with van der Waals surface area (Å²) >= 11 is 0. The maximum absolute atomic E-state index is 13.6. The molecule has 4 aliphatic heterocycles. The fourth-order valence-electron chi connectivity index (χ4n) is 5.34. The van der Waals surface area contributed by atoms with Crippen LogP contribution in [-0.4, -0.2) is 81.8 Å². The van der Waals surface area contributed by atoms with Gasteiger partial charge in [0.15, 0.2) is 0 Å². The molecule has 0 radical (unpaired) electrons. The maximum Gasteiger partial charge on any atom is 0.313 e. The minimum Gasteiger partial charge on any atom is -0.461 e. The zero-order valence-corrected chi connectivity index (χ0v) is 17.2. The van der Waals surface area contributed by atoms with Crippen LogP contribution < -0.4 is 0 Å². The number of esters is 1. The van der Waals surface area contributed by atoms with Crippen LogP contribution in [0.2, 0.25) is 0 Å². The van der Waals surface area contributed by atoms with E-state index < -0.39 is 41.1 Å². The predicted molar refractivity (Wildman–Crippen MR) is 102 cm³/mol. The molecule has 0 bridgehead atoms. The average Bonchev–Trinajstić information content (AvgIpc) is 2.92. The van der Waals surface area contributed by atoms with Gasteiger partial charge in [-0.05, 0) is 33.8 Å². The first-order valence-electron chi connectivity index (χ1n) is 10.1. The molecule has 158 valence electrons. The molecule has 0 aromatic carbocycles. The van der Waals surface area contributed by atoms with Crippen molar-refractivity contribution in [3.8, 4) is 0 Å². The number of carbonyl (C=O) groups excluding carboxylic acids is 3. The molecule has 8 heteroatoms. The average molecular weight is 404 g/mol. The summed E-state index contributed by atoms with van der Waals surface area (Å²) in [5.74, 6) is -2.86. The summed E-state index contributed by atoms with van der Waals surface area (Å²) in [5.41, 5.74) is -2.35. The molecule has 1 N–H and O–H groups in total. The van der Waals surface area contributed by atoms with E-state index in [9.17, 15) is 19.5 Å². The van der Waals surface area contributed by atoms with E-state index in [0.29, 0.717) is 6.54 Å². The van der Waals surface area contributed by atoms with E-state index in [0.717, 1.165) is 0 Å². The van der Waals surface area contributed by atoms with Crippen LogP contribution in [0.1, 0.15) is 27.7 Å². The quantitative estimate of drug-likeness (QED) is 0.535. The van der Waals surface area contributed by atoms with Gasteiger partial charge in [-0.15, -0.1) is 0 Å². The van der Waals surface area contributed by atoms with Crippen LogP contribution in [0, 0.1) is 11.8 Å². The van der Waals surface area contributed by atoms with Gasteiger partial charge in [-0.3, -0.25) is 14.4 Å². The fraction of sp³-hybridized carbons (Fsp3) is 0.667. The smallest absolute Gasteiger partial charge is 0.313 e. The van der Waals surface area contributed by atoms with Gasteiger partial charge in [-0.1, -0.05) is 18.2 Å². The third-order valence-electron chi connectivity index (χ3n) is 6.64. The number of carbonyl (C=O) groups is 3. The first-order valence-corrected chi connectivity index (χ1v) is 10.1. The van der Waals surface area contributed by atoms with Gasteiger partial charge in [0.25, 0.3) is 0 Å². The third kappa shape index (κ3) is 2.61. The van der Waals surface area contributed by atoms with Gasteiger partial charge in [0, 0.05) is 12.6 Å². The summed E-state index contributed by atoms with van der Waals surface area (Å²) < 4.78 is 11.8. The number of rotatable bonds is 3. The molecule has 0 saturated carbocycles. The summed E-state index contributed by atoms with van der Waals surface area (Å²) in [4.78, 5) is 43.2. The molecule has 1 unspecified atom stereocenters.